The van der Waals surface area contributed by atoms with E-state index in [1.807, 2.05) is 29.6 Å². The Morgan fingerprint density at radius 2 is 1.89 bits per heavy atom. The first kappa shape index (κ1) is 13.8. The molecule has 0 spiro atoms. The summed E-state index contributed by atoms with van der Waals surface area (Å²) in [4.78, 5) is 13.2. The lowest BCUT2D eigenvalue weighted by Crippen LogP contribution is -2.29. The molecule has 1 N–H and O–H groups in total. The van der Waals surface area contributed by atoms with Crippen molar-refractivity contribution in [2.45, 2.75) is 26.3 Å². The van der Waals surface area contributed by atoms with Crippen molar-refractivity contribution in [2.75, 3.05) is 0 Å². The minimum atomic E-state index is -0.0348. The van der Waals surface area contributed by atoms with Crippen LogP contribution in [0.3, 0.4) is 0 Å². The number of rotatable bonds is 5. The molecule has 2 rings (SSSR count). The fourth-order valence-electron chi connectivity index (χ4n) is 2.01. The summed E-state index contributed by atoms with van der Waals surface area (Å²) < 4.78 is 0. The maximum atomic E-state index is 12.0. The zero-order valence-electron chi connectivity index (χ0n) is 11.3. The topological polar surface area (TPSA) is 29.1 Å². The van der Waals surface area contributed by atoms with E-state index in [1.165, 1.54) is 4.88 Å². The van der Waals surface area contributed by atoms with Gasteiger partial charge in [0.15, 0.2) is 0 Å². The highest BCUT2D eigenvalue weighted by molar-refractivity contribution is 7.10. The average Bonchev–Trinajstić information content (AvgIpc) is 2.90. The third-order valence-electron chi connectivity index (χ3n) is 2.86. The monoisotopic (exact) mass is 273 g/mol. The lowest BCUT2D eigenvalue weighted by atomic mass is 10.0. The first-order valence-electron chi connectivity index (χ1n) is 6.54. The van der Waals surface area contributed by atoms with E-state index in [0.29, 0.717) is 12.3 Å². The highest BCUT2D eigenvalue weighted by Crippen LogP contribution is 2.26. The van der Waals surface area contributed by atoms with Crippen molar-refractivity contribution in [1.82, 2.24) is 5.32 Å². The molecule has 1 aromatic carbocycles. The van der Waals surface area contributed by atoms with Crippen LogP contribution < -0.4 is 5.32 Å². The summed E-state index contributed by atoms with van der Waals surface area (Å²) in [6, 6.07) is 14.2. The van der Waals surface area contributed by atoms with Gasteiger partial charge in [0.25, 0.3) is 0 Å². The van der Waals surface area contributed by atoms with Crippen LogP contribution in [0.4, 0.5) is 0 Å². The number of nitrogens with one attached hydrogen (secondary N) is 1. The van der Waals surface area contributed by atoms with Crippen molar-refractivity contribution >= 4 is 17.2 Å². The van der Waals surface area contributed by atoms with Gasteiger partial charge in [-0.05, 0) is 22.9 Å². The quantitative estimate of drug-likeness (QED) is 0.876. The molecule has 19 heavy (non-hydrogen) atoms. The zero-order valence-corrected chi connectivity index (χ0v) is 12.1. The Labute approximate surface area is 118 Å². The standard InChI is InChI=1S/C16H19NOS/c1-12(2)11-15(18)17-16(14-9-6-10-19-14)13-7-4-3-5-8-13/h3-10,12,16H,11H2,1-2H3,(H,17,18). The van der Waals surface area contributed by atoms with E-state index < -0.39 is 0 Å². The Bertz CT molecular complexity index is 505. The molecule has 1 unspecified atom stereocenters. The number of hydrogen-bond acceptors (Lipinski definition) is 2. The largest absolute Gasteiger partial charge is 0.344 e. The van der Waals surface area contributed by atoms with E-state index >= 15 is 0 Å². The Hall–Kier alpha value is -1.61. The zero-order chi connectivity index (χ0) is 13.7. The van der Waals surface area contributed by atoms with Crippen LogP contribution in [0.1, 0.15) is 36.8 Å². The first-order valence-corrected chi connectivity index (χ1v) is 7.42. The van der Waals surface area contributed by atoms with E-state index in [2.05, 4.69) is 37.4 Å². The molecule has 0 fully saturated rings. The molecule has 1 heterocycles. The van der Waals surface area contributed by atoms with Crippen LogP contribution in [0.5, 0.6) is 0 Å². The van der Waals surface area contributed by atoms with Gasteiger partial charge in [0.05, 0.1) is 6.04 Å². The van der Waals surface area contributed by atoms with Crippen molar-refractivity contribution in [3.8, 4) is 0 Å². The third-order valence-corrected chi connectivity index (χ3v) is 3.80. The van der Waals surface area contributed by atoms with Crippen LogP contribution in [-0.2, 0) is 4.79 Å². The molecule has 0 aliphatic rings. The molecule has 2 nitrogen and oxygen atoms in total. The summed E-state index contributed by atoms with van der Waals surface area (Å²) in [5, 5.41) is 5.18. The molecule has 0 aliphatic heterocycles. The highest BCUT2D eigenvalue weighted by Gasteiger charge is 2.17. The van der Waals surface area contributed by atoms with E-state index in [9.17, 15) is 4.79 Å². The average molecular weight is 273 g/mol. The van der Waals surface area contributed by atoms with E-state index in [0.717, 1.165) is 5.56 Å². The third kappa shape index (κ3) is 3.93. The highest BCUT2D eigenvalue weighted by atomic mass is 32.1. The van der Waals surface area contributed by atoms with Gasteiger partial charge in [0.1, 0.15) is 0 Å². The summed E-state index contributed by atoms with van der Waals surface area (Å²) in [7, 11) is 0. The smallest absolute Gasteiger partial charge is 0.221 e. The molecule has 0 bridgehead atoms. The van der Waals surface area contributed by atoms with Crippen molar-refractivity contribution in [1.29, 1.82) is 0 Å². The molecular formula is C16H19NOS. The molecule has 1 aromatic heterocycles. The molecule has 0 aliphatic carbocycles. The predicted molar refractivity (Wildman–Crippen MR) is 80.2 cm³/mol. The Kier molecular flexibility index (Phi) is 4.74. The fourth-order valence-corrected chi connectivity index (χ4v) is 2.81. The van der Waals surface area contributed by atoms with Crippen molar-refractivity contribution in [3.05, 3.63) is 58.3 Å². The van der Waals surface area contributed by atoms with Gasteiger partial charge in [0.2, 0.25) is 5.91 Å². The van der Waals surface area contributed by atoms with Crippen molar-refractivity contribution in [2.24, 2.45) is 5.92 Å². The molecule has 3 heteroatoms. The molecule has 0 radical (unpaired) electrons. The van der Waals surface area contributed by atoms with Crippen LogP contribution in [0, 0.1) is 5.92 Å². The van der Waals surface area contributed by atoms with Gasteiger partial charge in [-0.25, -0.2) is 0 Å². The number of thiophene rings is 1. The molecule has 1 amide bonds. The Morgan fingerprint density at radius 1 is 1.16 bits per heavy atom. The first-order chi connectivity index (χ1) is 9.16. The summed E-state index contributed by atoms with van der Waals surface area (Å²) in [6.45, 7) is 4.12. The van der Waals surface area contributed by atoms with Crippen molar-refractivity contribution < 1.29 is 4.79 Å². The second-order valence-electron chi connectivity index (χ2n) is 5.02. The second kappa shape index (κ2) is 6.53. The molecular weight excluding hydrogens is 254 g/mol. The fraction of sp³-hybridized carbons (Fsp3) is 0.312. The van der Waals surface area contributed by atoms with Gasteiger partial charge in [0, 0.05) is 11.3 Å². The van der Waals surface area contributed by atoms with E-state index in [1.54, 1.807) is 11.3 Å². The normalized spacial score (nSPS) is 12.4. The molecule has 1 atom stereocenters. The summed E-state index contributed by atoms with van der Waals surface area (Å²) >= 11 is 1.67. The van der Waals surface area contributed by atoms with Gasteiger partial charge in [-0.1, -0.05) is 50.2 Å². The minimum Gasteiger partial charge on any atom is -0.344 e. The Morgan fingerprint density at radius 3 is 2.47 bits per heavy atom. The van der Waals surface area contributed by atoms with Crippen LogP contribution in [0.2, 0.25) is 0 Å². The van der Waals surface area contributed by atoms with E-state index in [-0.39, 0.29) is 11.9 Å². The van der Waals surface area contributed by atoms with Gasteiger partial charge < -0.3 is 5.32 Å². The van der Waals surface area contributed by atoms with E-state index in [4.69, 9.17) is 0 Å². The lowest BCUT2D eigenvalue weighted by Gasteiger charge is -2.18. The van der Waals surface area contributed by atoms with Crippen LogP contribution in [0.15, 0.2) is 47.8 Å². The maximum absolute atomic E-state index is 12.0. The van der Waals surface area contributed by atoms with Crippen LogP contribution in [-0.4, -0.2) is 5.91 Å². The number of carbonyl (C=O) groups is 1. The van der Waals surface area contributed by atoms with Crippen LogP contribution >= 0.6 is 11.3 Å². The molecule has 0 saturated carbocycles. The maximum Gasteiger partial charge on any atom is 0.221 e. The number of carbonyl (C=O) groups excluding carboxylic acids is 1. The summed E-state index contributed by atoms with van der Waals surface area (Å²) in [5.41, 5.74) is 1.13. The molecule has 0 saturated heterocycles. The lowest BCUT2D eigenvalue weighted by molar-refractivity contribution is -0.122. The van der Waals surface area contributed by atoms with Crippen LogP contribution in [0.25, 0.3) is 0 Å². The minimum absolute atomic E-state index is 0.0348. The second-order valence-corrected chi connectivity index (χ2v) is 6.00. The molecule has 2 aromatic rings. The predicted octanol–water partition coefficient (Wildman–Crippen LogP) is 4.00. The SMILES string of the molecule is CC(C)CC(=O)NC(c1ccccc1)c1cccs1. The summed E-state index contributed by atoms with van der Waals surface area (Å²) in [5.74, 6) is 0.483. The number of amides is 1. The molecule has 100 valence electrons. The van der Waals surface area contributed by atoms with Gasteiger partial charge in [-0.3, -0.25) is 4.79 Å². The Balaban J connectivity index is 2.19. The van der Waals surface area contributed by atoms with Gasteiger partial charge in [-0.2, -0.15) is 0 Å². The van der Waals surface area contributed by atoms with Gasteiger partial charge >= 0.3 is 0 Å². The van der Waals surface area contributed by atoms with Gasteiger partial charge in [-0.15, -0.1) is 11.3 Å². The number of benzene rings is 1. The van der Waals surface area contributed by atoms with Crippen molar-refractivity contribution in [3.63, 3.8) is 0 Å². The number of hydrogen-bond donors (Lipinski definition) is 1. The summed E-state index contributed by atoms with van der Waals surface area (Å²) in [6.07, 6.45) is 0.564.